The molecule has 0 amide bonds. The summed E-state index contributed by atoms with van der Waals surface area (Å²) in [6, 6.07) is 9.32. The monoisotopic (exact) mass is 284 g/mol. The van der Waals surface area contributed by atoms with Gasteiger partial charge in [0.1, 0.15) is 5.82 Å². The molecule has 0 bridgehead atoms. The van der Waals surface area contributed by atoms with Gasteiger partial charge in [-0.05, 0) is 36.4 Å². The van der Waals surface area contributed by atoms with Crippen LogP contribution in [0.25, 0.3) is 0 Å². The fourth-order valence-corrected chi connectivity index (χ4v) is 2.46. The molecule has 94 valence electrons. The summed E-state index contributed by atoms with van der Waals surface area (Å²) < 4.78 is 12.9. The maximum Gasteiger partial charge on any atom is 0.123 e. The van der Waals surface area contributed by atoms with Crippen LogP contribution in [0.3, 0.4) is 0 Å². The van der Waals surface area contributed by atoms with E-state index in [0.717, 1.165) is 5.69 Å². The smallest absolute Gasteiger partial charge is 0.123 e. The van der Waals surface area contributed by atoms with Gasteiger partial charge in [0.15, 0.2) is 0 Å². The Kier molecular flexibility index (Phi) is 3.64. The van der Waals surface area contributed by atoms with E-state index in [1.54, 1.807) is 36.2 Å². The van der Waals surface area contributed by atoms with Crippen LogP contribution in [0.4, 0.5) is 21.5 Å². The van der Waals surface area contributed by atoms with Gasteiger partial charge in [0.2, 0.25) is 0 Å². The molecule has 0 spiro atoms. The number of halogens is 3. The van der Waals surface area contributed by atoms with E-state index in [2.05, 4.69) is 0 Å². The Balaban J connectivity index is 2.46. The molecule has 2 nitrogen and oxygen atoms in total. The van der Waals surface area contributed by atoms with Crippen molar-refractivity contribution in [3.8, 4) is 0 Å². The van der Waals surface area contributed by atoms with E-state index in [1.807, 2.05) is 0 Å². The van der Waals surface area contributed by atoms with E-state index >= 15 is 0 Å². The Bertz CT molecular complexity index is 547. The molecule has 0 aliphatic rings. The van der Waals surface area contributed by atoms with Crippen LogP contribution in [0.15, 0.2) is 36.4 Å². The van der Waals surface area contributed by atoms with Gasteiger partial charge < -0.3 is 10.6 Å². The third kappa shape index (κ3) is 2.52. The second-order valence-corrected chi connectivity index (χ2v) is 4.68. The Morgan fingerprint density at radius 3 is 2.06 bits per heavy atom. The molecule has 0 saturated heterocycles. The third-order valence-corrected chi connectivity index (χ3v) is 3.16. The van der Waals surface area contributed by atoms with Crippen molar-refractivity contribution in [3.63, 3.8) is 0 Å². The van der Waals surface area contributed by atoms with Crippen LogP contribution in [-0.2, 0) is 0 Å². The Hall–Kier alpha value is -1.45. The summed E-state index contributed by atoms with van der Waals surface area (Å²) in [6.07, 6.45) is 0. The van der Waals surface area contributed by atoms with Crippen LogP contribution in [-0.4, -0.2) is 7.05 Å². The van der Waals surface area contributed by atoms with Crippen molar-refractivity contribution in [1.29, 1.82) is 0 Å². The maximum atomic E-state index is 12.9. The quantitative estimate of drug-likeness (QED) is 0.824. The van der Waals surface area contributed by atoms with Gasteiger partial charge >= 0.3 is 0 Å². The molecule has 0 heterocycles. The van der Waals surface area contributed by atoms with E-state index < -0.39 is 0 Å². The highest BCUT2D eigenvalue weighted by atomic mass is 35.5. The lowest BCUT2D eigenvalue weighted by molar-refractivity contribution is 0.628. The van der Waals surface area contributed by atoms with Crippen molar-refractivity contribution in [2.24, 2.45) is 0 Å². The molecule has 18 heavy (non-hydrogen) atoms. The molecule has 0 unspecified atom stereocenters. The third-order valence-electron chi connectivity index (χ3n) is 2.59. The molecule has 0 radical (unpaired) electrons. The predicted molar refractivity (Wildman–Crippen MR) is 75.3 cm³/mol. The van der Waals surface area contributed by atoms with E-state index in [-0.39, 0.29) is 5.82 Å². The van der Waals surface area contributed by atoms with Crippen molar-refractivity contribution in [2.75, 3.05) is 17.7 Å². The lowest BCUT2D eigenvalue weighted by atomic mass is 10.2. The normalized spacial score (nSPS) is 10.4. The maximum absolute atomic E-state index is 12.9. The number of nitrogens with two attached hydrogens (primary N) is 1. The predicted octanol–water partition coefficient (Wildman–Crippen LogP) is 4.48. The minimum Gasteiger partial charge on any atom is -0.399 e. The average Bonchev–Trinajstić information content (AvgIpc) is 2.28. The summed E-state index contributed by atoms with van der Waals surface area (Å²) >= 11 is 12.3. The van der Waals surface area contributed by atoms with Crippen LogP contribution < -0.4 is 10.6 Å². The summed E-state index contributed by atoms with van der Waals surface area (Å²) in [4.78, 5) is 1.78. The van der Waals surface area contributed by atoms with E-state index in [0.29, 0.717) is 21.4 Å². The molecule has 2 aromatic rings. The minimum absolute atomic E-state index is 0.290. The summed E-state index contributed by atoms with van der Waals surface area (Å²) in [5.41, 5.74) is 7.57. The molecule has 0 aromatic heterocycles. The SMILES string of the molecule is CN(c1ccc(F)cc1)c1c(Cl)cc(N)cc1Cl. The van der Waals surface area contributed by atoms with Crippen LogP contribution in [0.2, 0.25) is 10.0 Å². The Morgan fingerprint density at radius 1 is 1.06 bits per heavy atom. The minimum atomic E-state index is -0.290. The number of hydrogen-bond acceptors (Lipinski definition) is 2. The summed E-state index contributed by atoms with van der Waals surface area (Å²) in [5.74, 6) is -0.290. The van der Waals surface area contributed by atoms with Gasteiger partial charge in [-0.1, -0.05) is 23.2 Å². The van der Waals surface area contributed by atoms with Crippen LogP contribution in [0.1, 0.15) is 0 Å². The highest BCUT2D eigenvalue weighted by Gasteiger charge is 2.13. The van der Waals surface area contributed by atoms with Crippen molar-refractivity contribution < 1.29 is 4.39 Å². The zero-order valence-corrected chi connectivity index (χ0v) is 11.1. The first-order valence-corrected chi connectivity index (χ1v) is 5.98. The summed E-state index contributed by atoms with van der Waals surface area (Å²) in [7, 11) is 1.80. The molecule has 2 aromatic carbocycles. The van der Waals surface area contributed by atoms with Gasteiger partial charge in [-0.3, -0.25) is 0 Å². The lowest BCUT2D eigenvalue weighted by Crippen LogP contribution is -2.10. The fourth-order valence-electron chi connectivity index (χ4n) is 1.70. The first-order chi connectivity index (χ1) is 8.49. The van der Waals surface area contributed by atoms with Crippen molar-refractivity contribution in [3.05, 3.63) is 52.3 Å². The number of benzene rings is 2. The van der Waals surface area contributed by atoms with Crippen molar-refractivity contribution in [2.45, 2.75) is 0 Å². The zero-order chi connectivity index (χ0) is 13.3. The summed E-state index contributed by atoms with van der Waals surface area (Å²) in [6.45, 7) is 0. The lowest BCUT2D eigenvalue weighted by Gasteiger charge is -2.22. The van der Waals surface area contributed by atoms with Gasteiger partial charge in [0.05, 0.1) is 15.7 Å². The van der Waals surface area contributed by atoms with Gasteiger partial charge in [-0.15, -0.1) is 0 Å². The van der Waals surface area contributed by atoms with Crippen LogP contribution in [0, 0.1) is 5.82 Å². The Labute approximate surface area is 115 Å². The van der Waals surface area contributed by atoms with Gasteiger partial charge in [-0.2, -0.15) is 0 Å². The van der Waals surface area contributed by atoms with Crippen LogP contribution >= 0.6 is 23.2 Å². The van der Waals surface area contributed by atoms with E-state index in [1.165, 1.54) is 12.1 Å². The largest absolute Gasteiger partial charge is 0.399 e. The number of anilines is 3. The molecule has 2 N–H and O–H groups in total. The Morgan fingerprint density at radius 2 is 1.56 bits per heavy atom. The second-order valence-electron chi connectivity index (χ2n) is 3.87. The van der Waals surface area contributed by atoms with E-state index in [9.17, 15) is 4.39 Å². The molecule has 2 rings (SSSR count). The van der Waals surface area contributed by atoms with Gasteiger partial charge in [-0.25, -0.2) is 4.39 Å². The molecule has 0 aliphatic heterocycles. The molecular weight excluding hydrogens is 274 g/mol. The first-order valence-electron chi connectivity index (χ1n) is 5.23. The molecule has 0 aliphatic carbocycles. The van der Waals surface area contributed by atoms with Gasteiger partial charge in [0.25, 0.3) is 0 Å². The molecule has 0 atom stereocenters. The van der Waals surface area contributed by atoms with Crippen molar-refractivity contribution in [1.82, 2.24) is 0 Å². The number of nitrogen functional groups attached to an aromatic ring is 1. The highest BCUT2D eigenvalue weighted by Crippen LogP contribution is 2.38. The molecule has 0 saturated carbocycles. The zero-order valence-electron chi connectivity index (χ0n) is 9.62. The van der Waals surface area contributed by atoms with Crippen molar-refractivity contribution >= 4 is 40.3 Å². The van der Waals surface area contributed by atoms with E-state index in [4.69, 9.17) is 28.9 Å². The fraction of sp³-hybridized carbons (Fsp3) is 0.0769. The molecule has 5 heteroatoms. The average molecular weight is 285 g/mol. The second kappa shape index (κ2) is 5.04. The first kappa shape index (κ1) is 13.0. The van der Waals surface area contributed by atoms with Gasteiger partial charge in [0, 0.05) is 18.4 Å². The molecular formula is C13H11Cl2FN2. The number of nitrogens with zero attached hydrogens (tertiary/aromatic N) is 1. The topological polar surface area (TPSA) is 29.3 Å². The van der Waals surface area contributed by atoms with Crippen LogP contribution in [0.5, 0.6) is 0 Å². The highest BCUT2D eigenvalue weighted by molar-refractivity contribution is 6.39. The summed E-state index contributed by atoms with van der Waals surface area (Å²) in [5, 5.41) is 0.902. The standard InChI is InChI=1S/C13H11Cl2FN2/c1-18(10-4-2-8(16)3-5-10)13-11(14)6-9(17)7-12(13)15/h2-7H,17H2,1H3. The number of hydrogen-bond donors (Lipinski definition) is 1. The molecule has 0 fully saturated rings. The number of rotatable bonds is 2.